The van der Waals surface area contributed by atoms with Crippen molar-refractivity contribution in [3.8, 4) is 11.3 Å². The predicted molar refractivity (Wildman–Crippen MR) is 101 cm³/mol. The van der Waals surface area contributed by atoms with Crippen molar-refractivity contribution < 1.29 is 19.4 Å². The third-order valence-electron chi connectivity index (χ3n) is 3.59. The van der Waals surface area contributed by atoms with Crippen molar-refractivity contribution in [2.75, 3.05) is 5.73 Å². The number of anilines is 1. The molecule has 0 radical (unpaired) electrons. The third kappa shape index (κ3) is 5.15. The lowest BCUT2D eigenvalue weighted by molar-refractivity contribution is -0.169. The number of carbonyl (C=O) groups is 2. The lowest BCUT2D eigenvalue weighted by atomic mass is 9.91. The molecule has 5 N–H and O–H groups in total. The highest BCUT2D eigenvalue weighted by Crippen LogP contribution is 2.23. The maximum atomic E-state index is 12.3. The van der Waals surface area contributed by atoms with Gasteiger partial charge in [0.15, 0.2) is 0 Å². The Morgan fingerprint density at radius 3 is 2.26 bits per heavy atom. The van der Waals surface area contributed by atoms with Crippen LogP contribution in [0.25, 0.3) is 11.3 Å². The Balaban J connectivity index is 2.27. The molecule has 0 bridgehead atoms. The van der Waals surface area contributed by atoms with E-state index in [9.17, 15) is 14.7 Å². The van der Waals surface area contributed by atoms with Crippen LogP contribution < -0.4 is 11.5 Å². The SMILES string of the molecule is CC(C)(C)OC(=O)[C@](N)(Cc1ccc(-c2cc(Cl)nc(N)n2)cc1)C(=O)O. The minimum atomic E-state index is -2.20. The van der Waals surface area contributed by atoms with Crippen LogP contribution in [0.2, 0.25) is 5.15 Å². The number of aromatic nitrogens is 2. The molecule has 0 amide bonds. The molecule has 1 atom stereocenters. The Morgan fingerprint density at radius 2 is 1.78 bits per heavy atom. The van der Waals surface area contributed by atoms with Crippen LogP contribution in [-0.2, 0) is 20.7 Å². The number of carbonyl (C=O) groups excluding carboxylic acids is 1. The number of aliphatic carboxylic acids is 1. The highest BCUT2D eigenvalue weighted by Gasteiger charge is 2.45. The molecule has 1 aromatic carbocycles. The van der Waals surface area contributed by atoms with Crippen LogP contribution in [0.4, 0.5) is 5.95 Å². The summed E-state index contributed by atoms with van der Waals surface area (Å²) in [5, 5.41) is 9.69. The first-order valence-corrected chi connectivity index (χ1v) is 8.43. The number of esters is 1. The summed E-state index contributed by atoms with van der Waals surface area (Å²) < 4.78 is 5.17. The van der Waals surface area contributed by atoms with Crippen LogP contribution in [0.3, 0.4) is 0 Å². The lowest BCUT2D eigenvalue weighted by Crippen LogP contribution is -2.58. The quantitative estimate of drug-likeness (QED) is 0.398. The zero-order valence-corrected chi connectivity index (χ0v) is 15.9. The van der Waals surface area contributed by atoms with Gasteiger partial charge in [0, 0.05) is 18.1 Å². The van der Waals surface area contributed by atoms with Crippen molar-refractivity contribution in [3.63, 3.8) is 0 Å². The van der Waals surface area contributed by atoms with Gasteiger partial charge in [-0.1, -0.05) is 35.9 Å². The number of rotatable bonds is 5. The van der Waals surface area contributed by atoms with Gasteiger partial charge in [-0.05, 0) is 26.3 Å². The number of hydrogen-bond donors (Lipinski definition) is 3. The van der Waals surface area contributed by atoms with Gasteiger partial charge in [0.2, 0.25) is 11.5 Å². The van der Waals surface area contributed by atoms with Gasteiger partial charge in [-0.2, -0.15) is 0 Å². The molecular weight excluding hydrogens is 372 g/mol. The first-order chi connectivity index (χ1) is 12.4. The average molecular weight is 393 g/mol. The van der Waals surface area contributed by atoms with Crippen LogP contribution in [-0.4, -0.2) is 38.2 Å². The van der Waals surface area contributed by atoms with E-state index in [1.807, 2.05) is 0 Å². The fourth-order valence-electron chi connectivity index (χ4n) is 2.30. The summed E-state index contributed by atoms with van der Waals surface area (Å²) in [6.07, 6.45) is -0.232. The van der Waals surface area contributed by atoms with Crippen molar-refractivity contribution >= 4 is 29.5 Å². The molecule has 0 unspecified atom stereocenters. The summed E-state index contributed by atoms with van der Waals surface area (Å²) >= 11 is 5.88. The van der Waals surface area contributed by atoms with Gasteiger partial charge in [-0.25, -0.2) is 19.6 Å². The largest absolute Gasteiger partial charge is 0.479 e. The van der Waals surface area contributed by atoms with Gasteiger partial charge in [-0.3, -0.25) is 0 Å². The van der Waals surface area contributed by atoms with E-state index < -0.39 is 23.1 Å². The van der Waals surface area contributed by atoms with Crippen LogP contribution in [0.15, 0.2) is 30.3 Å². The monoisotopic (exact) mass is 392 g/mol. The van der Waals surface area contributed by atoms with Crippen molar-refractivity contribution in [3.05, 3.63) is 41.0 Å². The Hall–Kier alpha value is -2.71. The number of hydrogen-bond acceptors (Lipinski definition) is 7. The van der Waals surface area contributed by atoms with E-state index in [0.29, 0.717) is 16.8 Å². The Morgan fingerprint density at radius 1 is 1.19 bits per heavy atom. The average Bonchev–Trinajstić information content (AvgIpc) is 2.52. The van der Waals surface area contributed by atoms with Crippen molar-refractivity contribution in [1.29, 1.82) is 0 Å². The zero-order valence-electron chi connectivity index (χ0n) is 15.2. The molecule has 0 aliphatic carbocycles. The lowest BCUT2D eigenvalue weighted by Gasteiger charge is -2.28. The van der Waals surface area contributed by atoms with E-state index in [2.05, 4.69) is 9.97 Å². The number of halogens is 1. The minimum absolute atomic E-state index is 0.0401. The molecule has 0 saturated carbocycles. The maximum Gasteiger partial charge on any atom is 0.338 e. The standard InChI is InChI=1S/C18H21ClN4O4/c1-17(2,3)27-15(26)18(21,14(24)25)9-10-4-6-11(7-5-10)12-8-13(19)23-16(20)22-12/h4-8H,9,21H2,1-3H3,(H,24,25)(H2,20,22,23)/t18-/m0/s1. The Labute approximate surface area is 161 Å². The van der Waals surface area contributed by atoms with E-state index in [0.717, 1.165) is 0 Å². The van der Waals surface area contributed by atoms with Gasteiger partial charge < -0.3 is 21.3 Å². The fourth-order valence-corrected chi connectivity index (χ4v) is 2.49. The van der Waals surface area contributed by atoms with E-state index in [1.54, 1.807) is 51.1 Å². The van der Waals surface area contributed by atoms with E-state index in [4.69, 9.17) is 27.8 Å². The zero-order chi connectivity index (χ0) is 20.4. The van der Waals surface area contributed by atoms with Crippen LogP contribution in [0.1, 0.15) is 26.3 Å². The number of nitrogen functional groups attached to an aromatic ring is 1. The minimum Gasteiger partial charge on any atom is -0.479 e. The summed E-state index contributed by atoms with van der Waals surface area (Å²) in [4.78, 5) is 31.8. The molecule has 8 nitrogen and oxygen atoms in total. The highest BCUT2D eigenvalue weighted by atomic mass is 35.5. The summed E-state index contributed by atoms with van der Waals surface area (Å²) in [5.74, 6) is -2.42. The number of nitrogens with zero attached hydrogens (tertiary/aromatic N) is 2. The molecule has 0 fully saturated rings. The normalized spacial score (nSPS) is 13.7. The molecule has 1 aromatic heterocycles. The van der Waals surface area contributed by atoms with Crippen LogP contribution >= 0.6 is 11.6 Å². The van der Waals surface area contributed by atoms with Gasteiger partial charge >= 0.3 is 11.9 Å². The Kier molecular flexibility index (Phi) is 5.72. The molecule has 0 aliphatic heterocycles. The molecule has 0 saturated heterocycles. The van der Waals surface area contributed by atoms with Crippen LogP contribution in [0.5, 0.6) is 0 Å². The first kappa shape index (κ1) is 20.6. The fraction of sp³-hybridized carbons (Fsp3) is 0.333. The summed E-state index contributed by atoms with van der Waals surface area (Å²) in [5.41, 5.74) is 10.2. The van der Waals surface area contributed by atoms with E-state index in [-0.39, 0.29) is 17.5 Å². The summed E-state index contributed by atoms with van der Waals surface area (Å²) in [6, 6.07) is 8.25. The topological polar surface area (TPSA) is 141 Å². The van der Waals surface area contributed by atoms with E-state index >= 15 is 0 Å². The molecule has 2 aromatic rings. The number of carboxylic acids is 1. The number of ether oxygens (including phenoxy) is 1. The first-order valence-electron chi connectivity index (χ1n) is 8.06. The number of carboxylic acid groups (broad SMARTS) is 1. The van der Waals surface area contributed by atoms with Gasteiger partial charge in [0.05, 0.1) is 5.69 Å². The second kappa shape index (κ2) is 7.50. The van der Waals surface area contributed by atoms with Crippen molar-refractivity contribution in [2.24, 2.45) is 5.73 Å². The summed E-state index contributed by atoms with van der Waals surface area (Å²) in [6.45, 7) is 4.92. The molecule has 9 heteroatoms. The van der Waals surface area contributed by atoms with Crippen molar-refractivity contribution in [1.82, 2.24) is 9.97 Å². The number of nitrogens with two attached hydrogens (primary N) is 2. The molecular formula is C18H21ClN4O4. The predicted octanol–water partition coefficient (Wildman–Crippen LogP) is 2.05. The molecule has 144 valence electrons. The molecule has 0 aliphatic rings. The van der Waals surface area contributed by atoms with Gasteiger partial charge in [-0.15, -0.1) is 0 Å². The molecule has 2 rings (SSSR count). The van der Waals surface area contributed by atoms with Gasteiger partial charge in [0.25, 0.3) is 0 Å². The smallest absolute Gasteiger partial charge is 0.338 e. The molecule has 0 spiro atoms. The van der Waals surface area contributed by atoms with Crippen LogP contribution in [0, 0.1) is 0 Å². The van der Waals surface area contributed by atoms with Gasteiger partial charge in [0.1, 0.15) is 10.8 Å². The number of benzene rings is 1. The summed E-state index contributed by atoms with van der Waals surface area (Å²) in [7, 11) is 0. The second-order valence-corrected chi connectivity index (χ2v) is 7.47. The third-order valence-corrected chi connectivity index (χ3v) is 3.78. The van der Waals surface area contributed by atoms with E-state index in [1.165, 1.54) is 0 Å². The molecule has 27 heavy (non-hydrogen) atoms. The highest BCUT2D eigenvalue weighted by molar-refractivity contribution is 6.29. The van der Waals surface area contributed by atoms with Crippen molar-refractivity contribution in [2.45, 2.75) is 38.3 Å². The Bertz CT molecular complexity index is 844. The molecule has 1 heterocycles. The second-order valence-electron chi connectivity index (χ2n) is 7.09. The maximum absolute atomic E-state index is 12.3.